The molecule has 0 radical (unpaired) electrons. The van der Waals surface area contributed by atoms with Gasteiger partial charge in [-0.1, -0.05) is 48.9 Å². The maximum absolute atomic E-state index is 13.5. The molecular formula is C29H29NO5. The third-order valence-electron chi connectivity index (χ3n) is 6.41. The van der Waals surface area contributed by atoms with Crippen LogP contribution >= 0.6 is 0 Å². The van der Waals surface area contributed by atoms with Crippen LogP contribution in [0, 0.1) is 13.8 Å². The minimum Gasteiger partial charge on any atom is -0.507 e. The molecular weight excluding hydrogens is 442 g/mol. The van der Waals surface area contributed by atoms with Crippen molar-refractivity contribution in [2.75, 3.05) is 19.1 Å². The number of rotatable bonds is 6. The highest BCUT2D eigenvalue weighted by Crippen LogP contribution is 2.44. The summed E-state index contributed by atoms with van der Waals surface area (Å²) < 4.78 is 10.8. The average Bonchev–Trinajstić information content (AvgIpc) is 3.14. The number of ether oxygens (including phenoxy) is 2. The third kappa shape index (κ3) is 4.39. The number of benzene rings is 3. The second-order valence-electron chi connectivity index (χ2n) is 8.65. The molecule has 1 atom stereocenters. The van der Waals surface area contributed by atoms with Crippen molar-refractivity contribution in [1.82, 2.24) is 0 Å². The summed E-state index contributed by atoms with van der Waals surface area (Å²) in [5.41, 5.74) is 4.61. The van der Waals surface area contributed by atoms with Crippen molar-refractivity contribution >= 4 is 23.1 Å². The van der Waals surface area contributed by atoms with E-state index in [2.05, 4.69) is 6.92 Å². The number of aliphatic hydroxyl groups excluding tert-OH is 1. The molecule has 0 aliphatic carbocycles. The first-order valence-electron chi connectivity index (χ1n) is 11.5. The first kappa shape index (κ1) is 24.1. The van der Waals surface area contributed by atoms with Gasteiger partial charge in [0.2, 0.25) is 0 Å². The quantitative estimate of drug-likeness (QED) is 0.291. The van der Waals surface area contributed by atoms with Gasteiger partial charge in [0.15, 0.2) is 0 Å². The molecule has 0 saturated carbocycles. The van der Waals surface area contributed by atoms with Crippen LogP contribution in [0.2, 0.25) is 0 Å². The summed E-state index contributed by atoms with van der Waals surface area (Å²) in [4.78, 5) is 28.3. The van der Waals surface area contributed by atoms with Gasteiger partial charge in [-0.3, -0.25) is 14.5 Å². The Morgan fingerprint density at radius 1 is 0.914 bits per heavy atom. The molecule has 1 aliphatic rings. The molecule has 0 spiro atoms. The topological polar surface area (TPSA) is 76.1 Å². The Hall–Kier alpha value is -4.06. The SMILES string of the molecule is CCc1ccc(C2/C(=C(\O)c3cc(C)ccc3C)C(=O)C(=O)N2c2cc(OC)cc(OC)c2)cc1. The van der Waals surface area contributed by atoms with E-state index in [9.17, 15) is 14.7 Å². The number of Topliss-reactive ketones (excluding diaryl/α,β-unsaturated/α-hetero) is 1. The number of methoxy groups -OCH3 is 2. The number of amides is 1. The molecule has 3 aromatic rings. The number of hydrogen-bond acceptors (Lipinski definition) is 5. The van der Waals surface area contributed by atoms with E-state index in [1.54, 1.807) is 18.2 Å². The average molecular weight is 472 g/mol. The number of carbonyl (C=O) groups excluding carboxylic acids is 2. The van der Waals surface area contributed by atoms with E-state index >= 15 is 0 Å². The maximum Gasteiger partial charge on any atom is 0.300 e. The van der Waals surface area contributed by atoms with Crippen LogP contribution in [0.4, 0.5) is 5.69 Å². The lowest BCUT2D eigenvalue weighted by atomic mass is 9.92. The number of aryl methyl sites for hydroxylation is 3. The first-order chi connectivity index (χ1) is 16.8. The molecule has 0 bridgehead atoms. The van der Waals surface area contributed by atoms with Crippen molar-refractivity contribution in [2.24, 2.45) is 0 Å². The van der Waals surface area contributed by atoms with Gasteiger partial charge in [0.1, 0.15) is 17.3 Å². The van der Waals surface area contributed by atoms with Crippen molar-refractivity contribution in [3.8, 4) is 11.5 Å². The van der Waals surface area contributed by atoms with Gasteiger partial charge in [0.05, 0.1) is 31.5 Å². The standard InChI is InChI=1S/C29H29NO5/c1-6-19-9-11-20(12-10-19)26-25(27(31)24-13-17(2)7-8-18(24)3)28(32)29(33)30(26)21-14-22(34-4)16-23(15-21)35-5/h7-16,26,31H,6H2,1-5H3/b27-25+. The smallest absolute Gasteiger partial charge is 0.300 e. The molecule has 1 heterocycles. The largest absolute Gasteiger partial charge is 0.507 e. The molecule has 1 unspecified atom stereocenters. The lowest BCUT2D eigenvalue weighted by Gasteiger charge is -2.26. The van der Waals surface area contributed by atoms with Crippen molar-refractivity contribution in [1.29, 1.82) is 0 Å². The monoisotopic (exact) mass is 471 g/mol. The fourth-order valence-corrected chi connectivity index (χ4v) is 4.42. The molecule has 3 aromatic carbocycles. The number of carbonyl (C=O) groups is 2. The summed E-state index contributed by atoms with van der Waals surface area (Å²) in [6.45, 7) is 5.84. The Balaban J connectivity index is 1.99. The lowest BCUT2D eigenvalue weighted by molar-refractivity contribution is -0.132. The molecule has 35 heavy (non-hydrogen) atoms. The van der Waals surface area contributed by atoms with Gasteiger partial charge in [-0.05, 0) is 43.0 Å². The molecule has 6 heteroatoms. The fraction of sp³-hybridized carbons (Fsp3) is 0.241. The molecule has 0 aromatic heterocycles. The molecule has 1 amide bonds. The van der Waals surface area contributed by atoms with Gasteiger partial charge in [-0.25, -0.2) is 0 Å². The van der Waals surface area contributed by atoms with Gasteiger partial charge in [0, 0.05) is 23.8 Å². The van der Waals surface area contributed by atoms with E-state index in [4.69, 9.17) is 9.47 Å². The second kappa shape index (κ2) is 9.66. The third-order valence-corrected chi connectivity index (χ3v) is 6.41. The molecule has 1 fully saturated rings. The van der Waals surface area contributed by atoms with Gasteiger partial charge in [0.25, 0.3) is 11.7 Å². The fourth-order valence-electron chi connectivity index (χ4n) is 4.42. The number of anilines is 1. The first-order valence-corrected chi connectivity index (χ1v) is 11.5. The van der Waals surface area contributed by atoms with E-state index in [1.165, 1.54) is 19.1 Å². The van der Waals surface area contributed by atoms with Crippen LogP contribution in [-0.4, -0.2) is 31.0 Å². The summed E-state index contributed by atoms with van der Waals surface area (Å²) in [6.07, 6.45) is 0.857. The summed E-state index contributed by atoms with van der Waals surface area (Å²) >= 11 is 0. The zero-order valence-electron chi connectivity index (χ0n) is 20.6. The Kier molecular flexibility index (Phi) is 6.65. The molecule has 1 N–H and O–H groups in total. The van der Waals surface area contributed by atoms with Crippen LogP contribution in [0.5, 0.6) is 11.5 Å². The van der Waals surface area contributed by atoms with Crippen LogP contribution in [0.3, 0.4) is 0 Å². The Morgan fingerprint density at radius 2 is 1.54 bits per heavy atom. The molecule has 6 nitrogen and oxygen atoms in total. The minimum absolute atomic E-state index is 0.0507. The van der Waals surface area contributed by atoms with Crippen LogP contribution in [-0.2, 0) is 16.0 Å². The van der Waals surface area contributed by atoms with Crippen LogP contribution < -0.4 is 14.4 Å². The minimum atomic E-state index is -0.822. The van der Waals surface area contributed by atoms with E-state index < -0.39 is 17.7 Å². The zero-order chi connectivity index (χ0) is 25.3. The van der Waals surface area contributed by atoms with Gasteiger partial charge in [-0.2, -0.15) is 0 Å². The Bertz CT molecular complexity index is 1300. The summed E-state index contributed by atoms with van der Waals surface area (Å²) in [7, 11) is 3.04. The molecule has 1 aliphatic heterocycles. The van der Waals surface area contributed by atoms with E-state index in [1.807, 2.05) is 56.3 Å². The predicted molar refractivity (Wildman–Crippen MR) is 136 cm³/mol. The number of nitrogens with zero attached hydrogens (tertiary/aromatic N) is 1. The normalized spacial score (nSPS) is 17.1. The summed E-state index contributed by atoms with van der Waals surface area (Å²) in [5, 5.41) is 11.4. The number of hydrogen-bond donors (Lipinski definition) is 1. The highest BCUT2D eigenvalue weighted by molar-refractivity contribution is 6.51. The Morgan fingerprint density at radius 3 is 2.11 bits per heavy atom. The van der Waals surface area contributed by atoms with Gasteiger partial charge >= 0.3 is 0 Å². The predicted octanol–water partition coefficient (Wildman–Crippen LogP) is 5.51. The van der Waals surface area contributed by atoms with Crippen molar-refractivity contribution in [3.05, 3.63) is 94.1 Å². The highest BCUT2D eigenvalue weighted by Gasteiger charge is 2.47. The summed E-state index contributed by atoms with van der Waals surface area (Å²) in [6, 6.07) is 17.6. The summed E-state index contributed by atoms with van der Waals surface area (Å²) in [5.74, 6) is -0.690. The molecule has 4 rings (SSSR count). The van der Waals surface area contributed by atoms with Crippen molar-refractivity contribution in [3.63, 3.8) is 0 Å². The van der Waals surface area contributed by atoms with Crippen LogP contribution in [0.25, 0.3) is 5.76 Å². The van der Waals surface area contributed by atoms with Gasteiger partial charge in [-0.15, -0.1) is 0 Å². The van der Waals surface area contributed by atoms with Crippen LogP contribution in [0.1, 0.15) is 40.8 Å². The van der Waals surface area contributed by atoms with Crippen molar-refractivity contribution < 1.29 is 24.2 Å². The molecule has 180 valence electrons. The van der Waals surface area contributed by atoms with Crippen LogP contribution in [0.15, 0.2) is 66.2 Å². The van der Waals surface area contributed by atoms with Crippen molar-refractivity contribution in [2.45, 2.75) is 33.2 Å². The van der Waals surface area contributed by atoms with E-state index in [0.717, 1.165) is 28.7 Å². The molecule has 1 saturated heterocycles. The van der Waals surface area contributed by atoms with Gasteiger partial charge < -0.3 is 14.6 Å². The number of ketones is 1. The lowest BCUT2D eigenvalue weighted by Crippen LogP contribution is -2.29. The second-order valence-corrected chi connectivity index (χ2v) is 8.65. The van der Waals surface area contributed by atoms with E-state index in [-0.39, 0.29) is 11.3 Å². The Labute approximate surface area is 205 Å². The van der Waals surface area contributed by atoms with E-state index in [0.29, 0.717) is 22.7 Å². The highest BCUT2D eigenvalue weighted by atomic mass is 16.5. The number of aliphatic hydroxyl groups is 1. The zero-order valence-corrected chi connectivity index (χ0v) is 20.6. The maximum atomic E-state index is 13.5.